The van der Waals surface area contributed by atoms with Crippen molar-refractivity contribution in [2.45, 2.75) is 12.8 Å². The molecule has 0 atom stereocenters. The third kappa shape index (κ3) is 4.77. The van der Waals surface area contributed by atoms with Crippen LogP contribution in [0.5, 0.6) is 0 Å². The number of para-hydroxylation sites is 2. The lowest BCUT2D eigenvalue weighted by Crippen LogP contribution is -2.18. The Bertz CT molecular complexity index is 541. The molecule has 3 nitrogen and oxygen atoms in total. The fourth-order valence-electron chi connectivity index (χ4n) is 2.23. The van der Waals surface area contributed by atoms with E-state index in [4.69, 9.17) is 4.74 Å². The summed E-state index contributed by atoms with van der Waals surface area (Å²) in [6, 6.07) is 20.6. The fraction of sp³-hybridized carbons (Fsp3) is 0.211. The lowest BCUT2D eigenvalue weighted by molar-refractivity contribution is -0.137. The van der Waals surface area contributed by atoms with Crippen LogP contribution < -0.4 is 4.90 Å². The summed E-state index contributed by atoms with van der Waals surface area (Å²) >= 11 is 0. The number of hydrogen-bond donors (Lipinski definition) is 0. The van der Waals surface area contributed by atoms with E-state index in [1.165, 1.54) is 6.08 Å². The number of anilines is 2. The van der Waals surface area contributed by atoms with Crippen molar-refractivity contribution in [1.29, 1.82) is 0 Å². The molecule has 0 heterocycles. The van der Waals surface area contributed by atoms with E-state index in [1.807, 2.05) is 36.4 Å². The van der Waals surface area contributed by atoms with Gasteiger partial charge < -0.3 is 9.64 Å². The van der Waals surface area contributed by atoms with E-state index >= 15 is 0 Å². The van der Waals surface area contributed by atoms with Crippen molar-refractivity contribution in [3.8, 4) is 0 Å². The molecule has 22 heavy (non-hydrogen) atoms. The summed E-state index contributed by atoms with van der Waals surface area (Å²) in [6.07, 6.45) is 2.96. The van der Waals surface area contributed by atoms with Crippen molar-refractivity contribution in [3.05, 3.63) is 73.3 Å². The van der Waals surface area contributed by atoms with Gasteiger partial charge in [-0.15, -0.1) is 0 Å². The molecule has 0 unspecified atom stereocenters. The Morgan fingerprint density at radius 2 is 1.50 bits per heavy atom. The van der Waals surface area contributed by atoms with Gasteiger partial charge >= 0.3 is 5.97 Å². The van der Waals surface area contributed by atoms with Crippen LogP contribution in [-0.4, -0.2) is 19.1 Å². The molecule has 0 saturated heterocycles. The van der Waals surface area contributed by atoms with Crippen LogP contribution >= 0.6 is 0 Å². The van der Waals surface area contributed by atoms with E-state index in [0.717, 1.165) is 30.8 Å². The molecule has 2 aromatic rings. The second-order valence-corrected chi connectivity index (χ2v) is 4.90. The van der Waals surface area contributed by atoms with Crippen LogP contribution in [0.1, 0.15) is 12.8 Å². The van der Waals surface area contributed by atoms with Gasteiger partial charge in [0, 0.05) is 24.0 Å². The summed E-state index contributed by atoms with van der Waals surface area (Å²) in [4.78, 5) is 13.3. The lowest BCUT2D eigenvalue weighted by atomic mass is 10.2. The van der Waals surface area contributed by atoms with Crippen LogP contribution in [0, 0.1) is 0 Å². The van der Waals surface area contributed by atoms with E-state index in [1.54, 1.807) is 0 Å². The number of ether oxygens (including phenoxy) is 1. The van der Waals surface area contributed by atoms with Crippen molar-refractivity contribution < 1.29 is 9.53 Å². The standard InChI is InChI=1S/C19H21NO2/c1-2-19(21)22-16-10-9-15-20(17-11-5-3-6-12-17)18-13-7-4-8-14-18/h2-8,11-14H,1,9-10,15-16H2. The highest BCUT2D eigenvalue weighted by Gasteiger charge is 2.08. The second kappa shape index (κ2) is 8.67. The highest BCUT2D eigenvalue weighted by atomic mass is 16.5. The van der Waals surface area contributed by atoms with E-state index in [0.29, 0.717) is 6.61 Å². The first-order chi connectivity index (χ1) is 10.8. The Balaban J connectivity index is 1.95. The SMILES string of the molecule is C=CC(=O)OCCCCN(c1ccccc1)c1ccccc1. The van der Waals surface area contributed by atoms with Crippen LogP contribution in [-0.2, 0) is 9.53 Å². The Labute approximate surface area is 131 Å². The predicted octanol–water partition coefficient (Wildman–Crippen LogP) is 4.33. The van der Waals surface area contributed by atoms with Crippen molar-refractivity contribution in [2.75, 3.05) is 18.1 Å². The minimum absolute atomic E-state index is 0.358. The van der Waals surface area contributed by atoms with Crippen LogP contribution in [0.4, 0.5) is 11.4 Å². The minimum atomic E-state index is -0.358. The Morgan fingerprint density at radius 1 is 0.955 bits per heavy atom. The van der Waals surface area contributed by atoms with Gasteiger partial charge in [0.1, 0.15) is 0 Å². The molecule has 0 fully saturated rings. The van der Waals surface area contributed by atoms with Crippen LogP contribution in [0.3, 0.4) is 0 Å². The number of esters is 1. The topological polar surface area (TPSA) is 29.5 Å². The molecular weight excluding hydrogens is 274 g/mol. The van der Waals surface area contributed by atoms with E-state index in [-0.39, 0.29) is 5.97 Å². The van der Waals surface area contributed by atoms with Gasteiger partial charge in [-0.3, -0.25) is 0 Å². The Hall–Kier alpha value is -2.55. The van der Waals surface area contributed by atoms with Gasteiger partial charge in [-0.1, -0.05) is 43.0 Å². The first-order valence-electron chi connectivity index (χ1n) is 7.48. The zero-order valence-corrected chi connectivity index (χ0v) is 12.7. The predicted molar refractivity (Wildman–Crippen MR) is 90.3 cm³/mol. The average molecular weight is 295 g/mol. The molecule has 3 heteroatoms. The molecule has 0 bridgehead atoms. The summed E-state index contributed by atoms with van der Waals surface area (Å²) in [5.41, 5.74) is 2.33. The molecule has 0 aromatic heterocycles. The van der Waals surface area contributed by atoms with E-state index in [2.05, 4.69) is 35.7 Å². The first kappa shape index (κ1) is 15.8. The maximum atomic E-state index is 11.0. The maximum absolute atomic E-state index is 11.0. The lowest BCUT2D eigenvalue weighted by Gasteiger charge is -2.25. The van der Waals surface area contributed by atoms with Gasteiger partial charge in [-0.25, -0.2) is 4.79 Å². The largest absolute Gasteiger partial charge is 0.463 e. The molecule has 2 rings (SSSR count). The summed E-state index contributed by atoms with van der Waals surface area (Å²) < 4.78 is 5.01. The zero-order valence-electron chi connectivity index (χ0n) is 12.7. The molecule has 0 radical (unpaired) electrons. The van der Waals surface area contributed by atoms with E-state index < -0.39 is 0 Å². The van der Waals surface area contributed by atoms with Gasteiger partial charge in [-0.2, -0.15) is 0 Å². The number of benzene rings is 2. The fourth-order valence-corrected chi connectivity index (χ4v) is 2.23. The number of unbranched alkanes of at least 4 members (excludes halogenated alkanes) is 1. The number of hydrogen-bond acceptors (Lipinski definition) is 3. The first-order valence-corrected chi connectivity index (χ1v) is 7.48. The number of rotatable bonds is 8. The third-order valence-corrected chi connectivity index (χ3v) is 3.32. The monoisotopic (exact) mass is 295 g/mol. The van der Waals surface area contributed by atoms with Crippen LogP contribution in [0.15, 0.2) is 73.3 Å². The van der Waals surface area contributed by atoms with Gasteiger partial charge in [0.15, 0.2) is 0 Å². The average Bonchev–Trinajstić information content (AvgIpc) is 2.59. The summed E-state index contributed by atoms with van der Waals surface area (Å²) in [7, 11) is 0. The van der Waals surface area contributed by atoms with Crippen molar-refractivity contribution >= 4 is 17.3 Å². The molecule has 0 spiro atoms. The molecule has 114 valence electrons. The quantitative estimate of drug-likeness (QED) is 0.412. The molecule has 0 aliphatic carbocycles. The normalized spacial score (nSPS) is 10.0. The smallest absolute Gasteiger partial charge is 0.330 e. The highest BCUT2D eigenvalue weighted by molar-refractivity contribution is 5.81. The molecule has 0 saturated carbocycles. The molecule has 0 amide bonds. The Morgan fingerprint density at radius 3 is 2.00 bits per heavy atom. The third-order valence-electron chi connectivity index (χ3n) is 3.32. The van der Waals surface area contributed by atoms with Crippen LogP contribution in [0.2, 0.25) is 0 Å². The number of nitrogens with zero attached hydrogens (tertiary/aromatic N) is 1. The summed E-state index contributed by atoms with van der Waals surface area (Å²) in [6.45, 7) is 4.69. The zero-order chi connectivity index (χ0) is 15.6. The van der Waals surface area contributed by atoms with E-state index in [9.17, 15) is 4.79 Å². The number of carbonyl (C=O) groups excluding carboxylic acids is 1. The van der Waals surface area contributed by atoms with Gasteiger partial charge in [0.2, 0.25) is 0 Å². The van der Waals surface area contributed by atoms with Crippen molar-refractivity contribution in [2.24, 2.45) is 0 Å². The highest BCUT2D eigenvalue weighted by Crippen LogP contribution is 2.25. The summed E-state index contributed by atoms with van der Waals surface area (Å²) in [5, 5.41) is 0. The van der Waals surface area contributed by atoms with Gasteiger partial charge in [0.05, 0.1) is 6.61 Å². The maximum Gasteiger partial charge on any atom is 0.330 e. The second-order valence-electron chi connectivity index (χ2n) is 4.90. The minimum Gasteiger partial charge on any atom is -0.463 e. The number of carbonyl (C=O) groups is 1. The van der Waals surface area contributed by atoms with Gasteiger partial charge in [-0.05, 0) is 37.1 Å². The Kier molecular flexibility index (Phi) is 6.24. The molecule has 0 N–H and O–H groups in total. The molecule has 0 aliphatic rings. The molecule has 0 aliphatic heterocycles. The van der Waals surface area contributed by atoms with Crippen molar-refractivity contribution in [3.63, 3.8) is 0 Å². The molecular formula is C19H21NO2. The van der Waals surface area contributed by atoms with Crippen molar-refractivity contribution in [1.82, 2.24) is 0 Å². The summed E-state index contributed by atoms with van der Waals surface area (Å²) in [5.74, 6) is -0.358. The van der Waals surface area contributed by atoms with Gasteiger partial charge in [0.25, 0.3) is 0 Å². The molecule has 2 aromatic carbocycles. The van der Waals surface area contributed by atoms with Crippen LogP contribution in [0.25, 0.3) is 0 Å².